The number of halogens is 1. The molecule has 5 heteroatoms. The highest BCUT2D eigenvalue weighted by molar-refractivity contribution is 7.12. The average Bonchev–Trinajstić information content (AvgIpc) is 2.85. The number of aryl methyl sites for hydroxylation is 1. The van der Waals surface area contributed by atoms with E-state index in [1.807, 2.05) is 19.1 Å². The van der Waals surface area contributed by atoms with Crippen LogP contribution < -0.4 is 4.74 Å². The second-order valence-corrected chi connectivity index (χ2v) is 6.49. The van der Waals surface area contributed by atoms with Gasteiger partial charge in [0.15, 0.2) is 0 Å². The van der Waals surface area contributed by atoms with E-state index in [1.165, 1.54) is 11.3 Å². The molecule has 1 aromatic heterocycles. The van der Waals surface area contributed by atoms with Gasteiger partial charge in [0.05, 0.1) is 0 Å². The zero-order valence-corrected chi connectivity index (χ0v) is 13.7. The van der Waals surface area contributed by atoms with Crippen LogP contribution in [0, 0.1) is 6.92 Å². The Balaban J connectivity index is 2.22. The first-order valence-corrected chi connectivity index (χ1v) is 7.88. The van der Waals surface area contributed by atoms with Gasteiger partial charge in [0.25, 0.3) is 0 Å². The van der Waals surface area contributed by atoms with Crippen molar-refractivity contribution >= 4 is 28.9 Å². The van der Waals surface area contributed by atoms with Crippen LogP contribution in [0.2, 0.25) is 5.02 Å². The van der Waals surface area contributed by atoms with Crippen molar-refractivity contribution in [2.24, 2.45) is 0 Å². The van der Waals surface area contributed by atoms with Crippen LogP contribution in [0.4, 0.5) is 0 Å². The van der Waals surface area contributed by atoms with Crippen molar-refractivity contribution in [3.63, 3.8) is 0 Å². The summed E-state index contributed by atoms with van der Waals surface area (Å²) >= 11 is 7.44. The minimum absolute atomic E-state index is 0.241. The number of carbonyl (C=O) groups is 1. The Bertz CT molecular complexity index is 662. The van der Waals surface area contributed by atoms with E-state index in [4.69, 9.17) is 21.4 Å². The van der Waals surface area contributed by atoms with Gasteiger partial charge in [-0.05, 0) is 47.5 Å². The molecule has 0 fully saturated rings. The third-order valence-corrected chi connectivity index (χ3v) is 4.51. The summed E-state index contributed by atoms with van der Waals surface area (Å²) in [6.07, 6.45) is 0. The Kier molecular flexibility index (Phi) is 4.91. The summed E-state index contributed by atoms with van der Waals surface area (Å²) in [5.41, 5.74) is 2.66. The van der Waals surface area contributed by atoms with Crippen LogP contribution in [-0.4, -0.2) is 11.1 Å². The van der Waals surface area contributed by atoms with E-state index in [0.717, 1.165) is 21.9 Å². The van der Waals surface area contributed by atoms with E-state index in [1.54, 1.807) is 11.4 Å². The van der Waals surface area contributed by atoms with Crippen LogP contribution in [0.3, 0.4) is 0 Å². The normalized spacial score (nSPS) is 10.9. The van der Waals surface area contributed by atoms with Gasteiger partial charge >= 0.3 is 5.97 Å². The monoisotopic (exact) mass is 324 g/mol. The Morgan fingerprint density at radius 1 is 1.43 bits per heavy atom. The molecule has 0 aliphatic carbocycles. The van der Waals surface area contributed by atoms with Crippen LogP contribution in [0.5, 0.6) is 5.75 Å². The highest BCUT2D eigenvalue weighted by Gasteiger charge is 2.14. The maximum Gasteiger partial charge on any atom is 0.346 e. The molecule has 0 bridgehead atoms. The summed E-state index contributed by atoms with van der Waals surface area (Å²) in [6, 6.07) is 5.61. The van der Waals surface area contributed by atoms with Gasteiger partial charge in [0.2, 0.25) is 0 Å². The molecule has 1 heterocycles. The predicted molar refractivity (Wildman–Crippen MR) is 85.9 cm³/mol. The number of thiophene rings is 1. The largest absolute Gasteiger partial charge is 0.489 e. The number of ether oxygens (including phenoxy) is 1. The molecule has 112 valence electrons. The van der Waals surface area contributed by atoms with Crippen molar-refractivity contribution < 1.29 is 14.6 Å². The number of hydrogen-bond acceptors (Lipinski definition) is 3. The Morgan fingerprint density at radius 3 is 2.76 bits per heavy atom. The van der Waals surface area contributed by atoms with Gasteiger partial charge in [-0.2, -0.15) is 0 Å². The zero-order valence-electron chi connectivity index (χ0n) is 12.1. The molecule has 0 aliphatic rings. The Hall–Kier alpha value is -1.52. The molecule has 1 N–H and O–H groups in total. The summed E-state index contributed by atoms with van der Waals surface area (Å²) in [4.78, 5) is 11.4. The summed E-state index contributed by atoms with van der Waals surface area (Å²) in [6.45, 7) is 6.31. The molecule has 0 atom stereocenters. The Morgan fingerprint density at radius 2 is 2.14 bits per heavy atom. The molecule has 0 radical (unpaired) electrons. The van der Waals surface area contributed by atoms with Gasteiger partial charge in [-0.3, -0.25) is 0 Å². The molecule has 2 rings (SSSR count). The maximum absolute atomic E-state index is 11.1. The quantitative estimate of drug-likeness (QED) is 0.831. The molecule has 0 saturated heterocycles. The number of rotatable bonds is 5. The van der Waals surface area contributed by atoms with Gasteiger partial charge in [0.1, 0.15) is 17.2 Å². The number of carboxylic acid groups (broad SMARTS) is 1. The molecule has 0 unspecified atom stereocenters. The first-order valence-electron chi connectivity index (χ1n) is 6.62. The summed E-state index contributed by atoms with van der Waals surface area (Å²) < 4.78 is 5.80. The number of carboxylic acids is 1. The van der Waals surface area contributed by atoms with E-state index in [0.29, 0.717) is 16.4 Å². The lowest BCUT2D eigenvalue weighted by Crippen LogP contribution is -2.03. The van der Waals surface area contributed by atoms with E-state index < -0.39 is 5.97 Å². The second kappa shape index (κ2) is 6.50. The van der Waals surface area contributed by atoms with Crippen LogP contribution in [-0.2, 0) is 6.61 Å². The average molecular weight is 325 g/mol. The molecule has 3 nitrogen and oxygen atoms in total. The third-order valence-electron chi connectivity index (χ3n) is 3.24. The molecule has 2 aromatic rings. The maximum atomic E-state index is 11.1. The van der Waals surface area contributed by atoms with E-state index in [-0.39, 0.29) is 6.61 Å². The van der Waals surface area contributed by atoms with Crippen molar-refractivity contribution in [3.8, 4) is 5.75 Å². The SMILES string of the molecule is Cc1cc(Cl)c(C(C)C)cc1OCc1ccsc1C(=O)O. The van der Waals surface area contributed by atoms with Crippen LogP contribution in [0.1, 0.15) is 46.1 Å². The van der Waals surface area contributed by atoms with Crippen LogP contribution in [0.25, 0.3) is 0 Å². The van der Waals surface area contributed by atoms with Crippen molar-refractivity contribution in [3.05, 3.63) is 50.2 Å². The molecule has 1 aromatic carbocycles. The van der Waals surface area contributed by atoms with E-state index in [2.05, 4.69) is 13.8 Å². The second-order valence-electron chi connectivity index (χ2n) is 5.16. The Labute approximate surface area is 133 Å². The van der Waals surface area contributed by atoms with E-state index >= 15 is 0 Å². The van der Waals surface area contributed by atoms with Crippen molar-refractivity contribution in [2.45, 2.75) is 33.3 Å². The molecule has 0 amide bonds. The minimum atomic E-state index is -0.917. The van der Waals surface area contributed by atoms with Gasteiger partial charge in [-0.25, -0.2) is 4.79 Å². The fraction of sp³-hybridized carbons (Fsp3) is 0.312. The first-order chi connectivity index (χ1) is 9.90. The summed E-state index contributed by atoms with van der Waals surface area (Å²) in [5, 5.41) is 11.6. The summed E-state index contributed by atoms with van der Waals surface area (Å²) in [5.74, 6) is 0.126. The number of hydrogen-bond donors (Lipinski definition) is 1. The molecule has 0 spiro atoms. The van der Waals surface area contributed by atoms with Crippen molar-refractivity contribution in [2.75, 3.05) is 0 Å². The van der Waals surface area contributed by atoms with Gasteiger partial charge in [0, 0.05) is 10.6 Å². The van der Waals surface area contributed by atoms with Gasteiger partial charge < -0.3 is 9.84 Å². The lowest BCUT2D eigenvalue weighted by Gasteiger charge is -2.14. The molecular weight excluding hydrogens is 308 g/mol. The molecule has 21 heavy (non-hydrogen) atoms. The van der Waals surface area contributed by atoms with Crippen LogP contribution in [0.15, 0.2) is 23.6 Å². The van der Waals surface area contributed by atoms with Gasteiger partial charge in [-0.15, -0.1) is 11.3 Å². The zero-order chi connectivity index (χ0) is 15.6. The minimum Gasteiger partial charge on any atom is -0.489 e. The first kappa shape index (κ1) is 15.9. The topological polar surface area (TPSA) is 46.5 Å². The van der Waals surface area contributed by atoms with Crippen molar-refractivity contribution in [1.29, 1.82) is 0 Å². The highest BCUT2D eigenvalue weighted by Crippen LogP contribution is 2.32. The lowest BCUT2D eigenvalue weighted by molar-refractivity contribution is 0.0699. The predicted octanol–water partition coefficient (Wildman–Crippen LogP) is 5.11. The number of aromatic carboxylic acids is 1. The van der Waals surface area contributed by atoms with E-state index in [9.17, 15) is 4.79 Å². The standard InChI is InChI=1S/C16H17ClO3S/c1-9(2)12-7-14(10(3)6-13(12)17)20-8-11-4-5-21-15(11)16(18)19/h4-7,9H,8H2,1-3H3,(H,18,19). The number of benzene rings is 1. The highest BCUT2D eigenvalue weighted by atomic mass is 35.5. The molecule has 0 aliphatic heterocycles. The molecular formula is C16H17ClO3S. The van der Waals surface area contributed by atoms with Crippen LogP contribution >= 0.6 is 22.9 Å². The third kappa shape index (κ3) is 3.57. The molecule has 0 saturated carbocycles. The smallest absolute Gasteiger partial charge is 0.346 e. The fourth-order valence-electron chi connectivity index (χ4n) is 2.06. The van der Waals surface area contributed by atoms with Gasteiger partial charge in [-0.1, -0.05) is 25.4 Å². The lowest BCUT2D eigenvalue weighted by atomic mass is 10.0. The fourth-order valence-corrected chi connectivity index (χ4v) is 3.24. The summed E-state index contributed by atoms with van der Waals surface area (Å²) in [7, 11) is 0. The van der Waals surface area contributed by atoms with Crippen molar-refractivity contribution in [1.82, 2.24) is 0 Å².